The van der Waals surface area contributed by atoms with Crippen molar-refractivity contribution < 1.29 is 14.1 Å². The standard InChI is InChI=1S/C25H39N2O2/c1-8-26-11-12-27(17-26)23(13-18(2)3)15-24(19(4)5)25(28)29-16-22-10-9-20(6)21(7)14-22/h9-12,14,17-19,23-24H,8,13,15-16H2,1-7H3/q+1. The zero-order valence-corrected chi connectivity index (χ0v) is 19.3. The molecular weight excluding hydrogens is 360 g/mol. The molecule has 1 aromatic carbocycles. The third-order valence-corrected chi connectivity index (χ3v) is 5.83. The summed E-state index contributed by atoms with van der Waals surface area (Å²) in [4.78, 5) is 13.0. The van der Waals surface area contributed by atoms with E-state index in [1.54, 1.807) is 0 Å². The van der Waals surface area contributed by atoms with Gasteiger partial charge in [0.15, 0.2) is 0 Å². The summed E-state index contributed by atoms with van der Waals surface area (Å²) in [6, 6.07) is 6.54. The van der Waals surface area contributed by atoms with E-state index in [1.165, 1.54) is 11.1 Å². The lowest BCUT2D eigenvalue weighted by molar-refractivity contribution is -0.693. The molecule has 0 spiro atoms. The summed E-state index contributed by atoms with van der Waals surface area (Å²) in [5, 5.41) is 0. The molecule has 0 saturated heterocycles. The summed E-state index contributed by atoms with van der Waals surface area (Å²) in [5.41, 5.74) is 3.54. The molecule has 2 unspecified atom stereocenters. The van der Waals surface area contributed by atoms with Gasteiger partial charge in [0.1, 0.15) is 25.0 Å². The lowest BCUT2D eigenvalue weighted by Gasteiger charge is -2.24. The van der Waals surface area contributed by atoms with Crippen LogP contribution in [0.5, 0.6) is 0 Å². The number of hydrogen-bond acceptors (Lipinski definition) is 2. The van der Waals surface area contributed by atoms with Crippen LogP contribution >= 0.6 is 0 Å². The zero-order chi connectivity index (χ0) is 21.6. The van der Waals surface area contributed by atoms with Crippen molar-refractivity contribution in [3.05, 3.63) is 53.6 Å². The average molecular weight is 400 g/mol. The van der Waals surface area contributed by atoms with Gasteiger partial charge in [0.2, 0.25) is 6.33 Å². The summed E-state index contributed by atoms with van der Waals surface area (Å²) in [5.74, 6) is 0.618. The zero-order valence-electron chi connectivity index (χ0n) is 19.3. The first-order chi connectivity index (χ1) is 13.7. The third kappa shape index (κ3) is 6.73. The Morgan fingerprint density at radius 3 is 2.38 bits per heavy atom. The van der Waals surface area contributed by atoms with E-state index in [1.807, 2.05) is 6.07 Å². The Bertz CT molecular complexity index is 792. The Kier molecular flexibility index (Phi) is 8.48. The fourth-order valence-corrected chi connectivity index (χ4v) is 3.79. The Labute approximate surface area is 176 Å². The van der Waals surface area contributed by atoms with Crippen LogP contribution in [0.4, 0.5) is 0 Å². The molecule has 4 nitrogen and oxygen atoms in total. The lowest BCUT2D eigenvalue weighted by atomic mass is 9.86. The van der Waals surface area contributed by atoms with Gasteiger partial charge >= 0.3 is 5.97 Å². The Morgan fingerprint density at radius 1 is 1.10 bits per heavy atom. The third-order valence-electron chi connectivity index (χ3n) is 5.83. The maximum atomic E-state index is 13.0. The van der Waals surface area contributed by atoms with Gasteiger partial charge in [-0.25, -0.2) is 9.13 Å². The van der Waals surface area contributed by atoms with Gasteiger partial charge in [0.05, 0.1) is 12.5 Å². The van der Waals surface area contributed by atoms with E-state index in [0.29, 0.717) is 18.6 Å². The quantitative estimate of drug-likeness (QED) is 0.396. The van der Waals surface area contributed by atoms with E-state index in [0.717, 1.165) is 24.9 Å². The van der Waals surface area contributed by atoms with E-state index in [2.05, 4.69) is 88.5 Å². The number of rotatable bonds is 10. The molecule has 0 amide bonds. The predicted octanol–water partition coefficient (Wildman–Crippen LogP) is 5.41. The maximum Gasteiger partial charge on any atom is 0.309 e. The number of carbonyl (C=O) groups excluding carboxylic acids is 1. The fraction of sp³-hybridized carbons (Fsp3) is 0.600. The molecule has 1 heterocycles. The largest absolute Gasteiger partial charge is 0.461 e. The molecule has 2 aromatic rings. The molecule has 0 radical (unpaired) electrons. The van der Waals surface area contributed by atoms with Crippen molar-refractivity contribution in [1.82, 2.24) is 4.57 Å². The van der Waals surface area contributed by atoms with Gasteiger partial charge in [-0.3, -0.25) is 4.79 Å². The summed E-state index contributed by atoms with van der Waals surface area (Å²) < 4.78 is 10.2. The highest BCUT2D eigenvalue weighted by atomic mass is 16.5. The second-order valence-corrected chi connectivity index (χ2v) is 9.09. The highest BCUT2D eigenvalue weighted by Gasteiger charge is 2.30. The number of nitrogens with zero attached hydrogens (tertiary/aromatic N) is 2. The molecule has 160 valence electrons. The van der Waals surface area contributed by atoms with Crippen LogP contribution < -0.4 is 4.57 Å². The molecule has 2 atom stereocenters. The van der Waals surface area contributed by atoms with E-state index in [-0.39, 0.29) is 17.8 Å². The summed E-state index contributed by atoms with van der Waals surface area (Å²) in [6.45, 7) is 16.4. The average Bonchev–Trinajstić information content (AvgIpc) is 3.14. The normalized spacial score (nSPS) is 13.7. The molecule has 0 aliphatic carbocycles. The van der Waals surface area contributed by atoms with E-state index >= 15 is 0 Å². The number of hydrogen-bond donors (Lipinski definition) is 0. The molecule has 0 bridgehead atoms. The number of benzene rings is 1. The number of imidazole rings is 1. The molecule has 0 fully saturated rings. The lowest BCUT2D eigenvalue weighted by Crippen LogP contribution is -2.30. The van der Waals surface area contributed by atoms with Crippen LogP contribution in [-0.4, -0.2) is 10.5 Å². The van der Waals surface area contributed by atoms with Gasteiger partial charge in [-0.05, 0) is 55.7 Å². The second-order valence-electron chi connectivity index (χ2n) is 9.09. The van der Waals surface area contributed by atoms with Crippen LogP contribution in [-0.2, 0) is 22.7 Å². The summed E-state index contributed by atoms with van der Waals surface area (Å²) >= 11 is 0. The summed E-state index contributed by atoms with van der Waals surface area (Å²) in [7, 11) is 0. The first kappa shape index (κ1) is 23.2. The monoisotopic (exact) mass is 399 g/mol. The van der Waals surface area contributed by atoms with Crippen LogP contribution in [0.1, 0.15) is 70.2 Å². The predicted molar refractivity (Wildman–Crippen MR) is 117 cm³/mol. The maximum absolute atomic E-state index is 13.0. The molecule has 0 N–H and O–H groups in total. The number of esters is 1. The minimum absolute atomic E-state index is 0.0810. The molecule has 29 heavy (non-hydrogen) atoms. The van der Waals surface area contributed by atoms with Crippen molar-refractivity contribution in [3.63, 3.8) is 0 Å². The van der Waals surface area contributed by atoms with Gasteiger partial charge < -0.3 is 4.74 Å². The molecule has 4 heteroatoms. The van der Waals surface area contributed by atoms with E-state index in [9.17, 15) is 4.79 Å². The van der Waals surface area contributed by atoms with Crippen molar-refractivity contribution in [2.75, 3.05) is 0 Å². The van der Waals surface area contributed by atoms with Crippen LogP contribution in [0.15, 0.2) is 36.9 Å². The van der Waals surface area contributed by atoms with Crippen LogP contribution in [0, 0.1) is 31.6 Å². The fourth-order valence-electron chi connectivity index (χ4n) is 3.79. The van der Waals surface area contributed by atoms with Crippen LogP contribution in [0.3, 0.4) is 0 Å². The van der Waals surface area contributed by atoms with Gasteiger partial charge in [0.25, 0.3) is 0 Å². The number of aryl methyl sites for hydroxylation is 3. The molecule has 0 aliphatic rings. The molecule has 0 aliphatic heterocycles. The minimum Gasteiger partial charge on any atom is -0.461 e. The molecule has 1 aromatic heterocycles. The van der Waals surface area contributed by atoms with Gasteiger partial charge in [-0.2, -0.15) is 0 Å². The van der Waals surface area contributed by atoms with E-state index < -0.39 is 0 Å². The van der Waals surface area contributed by atoms with Gasteiger partial charge in [-0.1, -0.05) is 45.9 Å². The van der Waals surface area contributed by atoms with Crippen molar-refractivity contribution in [2.24, 2.45) is 17.8 Å². The topological polar surface area (TPSA) is 35.1 Å². The van der Waals surface area contributed by atoms with Gasteiger partial charge in [0, 0.05) is 6.42 Å². The smallest absolute Gasteiger partial charge is 0.309 e. The van der Waals surface area contributed by atoms with Crippen LogP contribution in [0.2, 0.25) is 0 Å². The Morgan fingerprint density at radius 2 is 1.83 bits per heavy atom. The molecule has 2 rings (SSSR count). The number of aromatic nitrogens is 2. The van der Waals surface area contributed by atoms with Crippen LogP contribution in [0.25, 0.3) is 0 Å². The van der Waals surface area contributed by atoms with Crippen molar-refractivity contribution in [2.45, 2.75) is 80.5 Å². The highest BCUT2D eigenvalue weighted by molar-refractivity contribution is 5.72. The highest BCUT2D eigenvalue weighted by Crippen LogP contribution is 2.30. The van der Waals surface area contributed by atoms with Crippen molar-refractivity contribution >= 4 is 5.97 Å². The number of ether oxygens (including phenoxy) is 1. The number of carbonyl (C=O) groups is 1. The Hall–Kier alpha value is -2.10. The molecular formula is C25H39N2O2+. The van der Waals surface area contributed by atoms with Crippen molar-refractivity contribution in [3.8, 4) is 0 Å². The summed E-state index contributed by atoms with van der Waals surface area (Å²) in [6.07, 6.45) is 8.25. The van der Waals surface area contributed by atoms with Gasteiger partial charge in [-0.15, -0.1) is 0 Å². The van der Waals surface area contributed by atoms with E-state index in [4.69, 9.17) is 4.74 Å². The second kappa shape index (κ2) is 10.6. The molecule has 0 saturated carbocycles. The first-order valence-corrected chi connectivity index (χ1v) is 11.0. The minimum atomic E-state index is -0.109. The van der Waals surface area contributed by atoms with Crippen molar-refractivity contribution in [1.29, 1.82) is 0 Å². The Balaban J connectivity index is 2.10. The first-order valence-electron chi connectivity index (χ1n) is 11.0. The SMILES string of the molecule is CC[n+]1ccn(C(CC(C)C)CC(C(=O)OCc2ccc(C)c(C)c2)C(C)C)c1.